The van der Waals surface area contributed by atoms with E-state index >= 15 is 0 Å². The van der Waals surface area contributed by atoms with E-state index in [0.29, 0.717) is 52.2 Å². The summed E-state index contributed by atoms with van der Waals surface area (Å²) in [7, 11) is -3.22. The molecule has 25 heavy (non-hydrogen) atoms. The fourth-order valence-corrected chi connectivity index (χ4v) is 5.60. The molecule has 3 heterocycles. The normalized spacial score (nSPS) is 20.9. The predicted octanol–water partition coefficient (Wildman–Crippen LogP) is 1.87. The molecule has 7 heteroatoms. The van der Waals surface area contributed by atoms with Crippen molar-refractivity contribution >= 4 is 26.5 Å². The molecule has 0 atom stereocenters. The highest BCUT2D eigenvalue weighted by Gasteiger charge is 2.35. The van der Waals surface area contributed by atoms with Crippen LogP contribution in [0.25, 0.3) is 10.8 Å². The van der Waals surface area contributed by atoms with Gasteiger partial charge in [0.25, 0.3) is 0 Å². The number of fused-ring (bicyclic) bond motifs is 1. The van der Waals surface area contributed by atoms with Gasteiger partial charge in [-0.05, 0) is 12.8 Å². The second-order valence-corrected chi connectivity index (χ2v) is 8.84. The van der Waals surface area contributed by atoms with E-state index in [4.69, 9.17) is 4.74 Å². The molecule has 0 N–H and O–H groups in total. The van der Waals surface area contributed by atoms with E-state index < -0.39 is 10.0 Å². The monoisotopic (exact) mass is 361 g/mol. The van der Waals surface area contributed by atoms with Gasteiger partial charge in [0.2, 0.25) is 10.0 Å². The minimum atomic E-state index is -3.22. The molecule has 4 rings (SSSR count). The van der Waals surface area contributed by atoms with Gasteiger partial charge in [-0.1, -0.05) is 24.3 Å². The number of nitrogens with zero attached hydrogens (tertiary/aromatic N) is 3. The molecule has 2 fully saturated rings. The summed E-state index contributed by atoms with van der Waals surface area (Å²) in [6.45, 7) is 3.54. The number of rotatable bonds is 3. The summed E-state index contributed by atoms with van der Waals surface area (Å²) in [6, 6.07) is 8.18. The van der Waals surface area contributed by atoms with Crippen LogP contribution in [0.2, 0.25) is 0 Å². The average molecular weight is 361 g/mol. The maximum Gasteiger partial charge on any atom is 0.217 e. The summed E-state index contributed by atoms with van der Waals surface area (Å²) >= 11 is 0. The number of anilines is 1. The third-order valence-electron chi connectivity index (χ3n) is 5.18. The van der Waals surface area contributed by atoms with Gasteiger partial charge >= 0.3 is 0 Å². The molecule has 0 amide bonds. The summed E-state index contributed by atoms with van der Waals surface area (Å²) < 4.78 is 32.6. The minimum absolute atomic E-state index is 0.285. The van der Waals surface area contributed by atoms with E-state index in [-0.39, 0.29) is 5.25 Å². The van der Waals surface area contributed by atoms with Gasteiger partial charge in [-0.2, -0.15) is 4.31 Å². The third kappa shape index (κ3) is 3.23. The van der Waals surface area contributed by atoms with E-state index in [1.165, 1.54) is 5.39 Å². The smallest absolute Gasteiger partial charge is 0.217 e. The molecule has 0 unspecified atom stereocenters. The highest BCUT2D eigenvalue weighted by molar-refractivity contribution is 7.89. The number of benzene rings is 1. The third-order valence-corrected chi connectivity index (χ3v) is 7.57. The lowest BCUT2D eigenvalue weighted by Crippen LogP contribution is -2.52. The van der Waals surface area contributed by atoms with Crippen LogP contribution in [0, 0.1) is 0 Å². The molecule has 6 nitrogen and oxygen atoms in total. The lowest BCUT2D eigenvalue weighted by atomic mass is 10.1. The summed E-state index contributed by atoms with van der Waals surface area (Å²) in [5.41, 5.74) is 1.08. The number of hydrogen-bond donors (Lipinski definition) is 0. The maximum absolute atomic E-state index is 12.8. The Morgan fingerprint density at radius 3 is 2.48 bits per heavy atom. The first-order valence-electron chi connectivity index (χ1n) is 8.81. The van der Waals surface area contributed by atoms with E-state index in [0.717, 1.165) is 11.1 Å². The number of hydrogen-bond acceptors (Lipinski definition) is 5. The number of aromatic nitrogens is 1. The minimum Gasteiger partial charge on any atom is -0.381 e. The molecular formula is C18H23N3O3S. The largest absolute Gasteiger partial charge is 0.381 e. The van der Waals surface area contributed by atoms with Gasteiger partial charge < -0.3 is 9.64 Å². The van der Waals surface area contributed by atoms with E-state index in [1.54, 1.807) is 4.31 Å². The molecule has 2 saturated heterocycles. The van der Waals surface area contributed by atoms with Crippen LogP contribution in [0.4, 0.5) is 5.69 Å². The highest BCUT2D eigenvalue weighted by Crippen LogP contribution is 2.28. The highest BCUT2D eigenvalue weighted by atomic mass is 32.2. The number of pyridine rings is 1. The van der Waals surface area contributed by atoms with Crippen LogP contribution >= 0.6 is 0 Å². The van der Waals surface area contributed by atoms with Crippen LogP contribution in [0.3, 0.4) is 0 Å². The molecular weight excluding hydrogens is 338 g/mol. The number of ether oxygens (including phenoxy) is 1. The first kappa shape index (κ1) is 16.8. The molecule has 0 aliphatic carbocycles. The SMILES string of the molecule is O=S(=O)(C1CCOCC1)N1CCN(c2cncc3ccccc23)CC1. The van der Waals surface area contributed by atoms with Gasteiger partial charge in [-0.15, -0.1) is 0 Å². The summed E-state index contributed by atoms with van der Waals surface area (Å²) in [6.07, 6.45) is 4.96. The van der Waals surface area contributed by atoms with Gasteiger partial charge in [0, 0.05) is 56.4 Å². The second-order valence-electron chi connectivity index (χ2n) is 6.62. The molecule has 1 aromatic carbocycles. The maximum atomic E-state index is 12.8. The average Bonchev–Trinajstić information content (AvgIpc) is 2.68. The van der Waals surface area contributed by atoms with Gasteiger partial charge in [-0.3, -0.25) is 4.98 Å². The van der Waals surface area contributed by atoms with Crippen molar-refractivity contribution in [1.29, 1.82) is 0 Å². The van der Waals surface area contributed by atoms with Crippen molar-refractivity contribution in [3.63, 3.8) is 0 Å². The standard InChI is InChI=1S/C18H23N3O3S/c22-25(23,16-5-11-24-12-6-16)21-9-7-20(8-10-21)18-14-19-13-15-3-1-2-4-17(15)18/h1-4,13-14,16H,5-12H2. The van der Waals surface area contributed by atoms with E-state index in [2.05, 4.69) is 22.0 Å². The van der Waals surface area contributed by atoms with Crippen LogP contribution in [-0.4, -0.2) is 62.3 Å². The van der Waals surface area contributed by atoms with Crippen molar-refractivity contribution in [3.8, 4) is 0 Å². The second kappa shape index (κ2) is 6.90. The molecule has 2 aromatic rings. The van der Waals surface area contributed by atoms with Crippen molar-refractivity contribution < 1.29 is 13.2 Å². The molecule has 134 valence electrons. The van der Waals surface area contributed by atoms with Crippen molar-refractivity contribution in [2.75, 3.05) is 44.3 Å². The van der Waals surface area contributed by atoms with Crippen LogP contribution < -0.4 is 4.90 Å². The first-order valence-corrected chi connectivity index (χ1v) is 10.3. The fourth-order valence-electron chi connectivity index (χ4n) is 3.72. The quantitative estimate of drug-likeness (QED) is 0.835. The lowest BCUT2D eigenvalue weighted by Gasteiger charge is -2.37. The Balaban J connectivity index is 1.49. The van der Waals surface area contributed by atoms with E-state index in [1.807, 2.05) is 24.5 Å². The molecule has 0 spiro atoms. The zero-order valence-corrected chi connectivity index (χ0v) is 15.0. The number of sulfonamides is 1. The molecule has 2 aliphatic heterocycles. The molecule has 1 aromatic heterocycles. The summed E-state index contributed by atoms with van der Waals surface area (Å²) in [5, 5.41) is 1.99. The zero-order chi connectivity index (χ0) is 17.3. The molecule has 0 radical (unpaired) electrons. The van der Waals surface area contributed by atoms with Gasteiger partial charge in [0.15, 0.2) is 0 Å². The lowest BCUT2D eigenvalue weighted by molar-refractivity contribution is 0.0971. The van der Waals surface area contributed by atoms with Crippen molar-refractivity contribution in [2.24, 2.45) is 0 Å². The molecule has 0 saturated carbocycles. The number of piperazine rings is 1. The zero-order valence-electron chi connectivity index (χ0n) is 14.2. The molecule has 2 aliphatic rings. The predicted molar refractivity (Wildman–Crippen MR) is 98.3 cm³/mol. The van der Waals surface area contributed by atoms with Crippen molar-refractivity contribution in [1.82, 2.24) is 9.29 Å². The Morgan fingerprint density at radius 2 is 1.72 bits per heavy atom. The van der Waals surface area contributed by atoms with Crippen LogP contribution in [-0.2, 0) is 14.8 Å². The van der Waals surface area contributed by atoms with Crippen LogP contribution in [0.15, 0.2) is 36.7 Å². The van der Waals surface area contributed by atoms with Gasteiger partial charge in [0.05, 0.1) is 17.1 Å². The summed E-state index contributed by atoms with van der Waals surface area (Å²) in [4.78, 5) is 6.58. The Labute approximate surface area is 148 Å². The topological polar surface area (TPSA) is 62.7 Å². The van der Waals surface area contributed by atoms with Crippen molar-refractivity contribution in [2.45, 2.75) is 18.1 Å². The van der Waals surface area contributed by atoms with Crippen LogP contribution in [0.1, 0.15) is 12.8 Å². The van der Waals surface area contributed by atoms with Gasteiger partial charge in [0.1, 0.15) is 0 Å². The molecule has 0 bridgehead atoms. The summed E-state index contributed by atoms with van der Waals surface area (Å²) in [5.74, 6) is 0. The Bertz CT molecular complexity index is 836. The van der Waals surface area contributed by atoms with Gasteiger partial charge in [-0.25, -0.2) is 8.42 Å². The van der Waals surface area contributed by atoms with E-state index in [9.17, 15) is 8.42 Å². The van der Waals surface area contributed by atoms with Crippen molar-refractivity contribution in [3.05, 3.63) is 36.7 Å². The first-order chi connectivity index (χ1) is 12.2. The Kier molecular flexibility index (Phi) is 4.62. The fraction of sp³-hybridized carbons (Fsp3) is 0.500. The Morgan fingerprint density at radius 1 is 1.00 bits per heavy atom. The Hall–Kier alpha value is -1.70. The van der Waals surface area contributed by atoms with Crippen LogP contribution in [0.5, 0.6) is 0 Å².